The first-order chi connectivity index (χ1) is 11.8. The average Bonchev–Trinajstić information content (AvgIpc) is 2.60. The minimum Gasteiger partial charge on any atom is -0.328 e. The Balaban J connectivity index is 1.86. The third kappa shape index (κ3) is 3.59. The zero-order valence-electron chi connectivity index (χ0n) is 14.9. The number of nitrogens with zero attached hydrogens (tertiary/aromatic N) is 2. The summed E-state index contributed by atoms with van der Waals surface area (Å²) in [6.07, 6.45) is 3.37. The van der Waals surface area contributed by atoms with Gasteiger partial charge in [-0.15, -0.1) is 0 Å². The molecule has 138 valence electrons. The fraction of sp³-hybridized carbons (Fsp3) is 0.611. The van der Waals surface area contributed by atoms with Crippen LogP contribution in [0.4, 0.5) is 5.69 Å². The van der Waals surface area contributed by atoms with Gasteiger partial charge in [-0.05, 0) is 56.2 Å². The normalized spacial score (nSPS) is 21.0. The Bertz CT molecular complexity index is 753. The van der Waals surface area contributed by atoms with Crippen molar-refractivity contribution in [1.29, 1.82) is 0 Å². The average molecular weight is 365 g/mol. The summed E-state index contributed by atoms with van der Waals surface area (Å²) in [5, 5.41) is 0. The van der Waals surface area contributed by atoms with Gasteiger partial charge in [0.05, 0.1) is 4.90 Å². The molecule has 1 atom stereocenters. The predicted molar refractivity (Wildman–Crippen MR) is 97.9 cm³/mol. The quantitative estimate of drug-likeness (QED) is 0.884. The molecule has 1 saturated heterocycles. The van der Waals surface area contributed by atoms with E-state index in [0.29, 0.717) is 25.6 Å². The number of piperidine rings is 1. The van der Waals surface area contributed by atoms with Gasteiger partial charge in [0.2, 0.25) is 15.9 Å². The fourth-order valence-corrected chi connectivity index (χ4v) is 5.32. The van der Waals surface area contributed by atoms with Gasteiger partial charge in [0.15, 0.2) is 0 Å². The maximum atomic E-state index is 13.0. The summed E-state index contributed by atoms with van der Waals surface area (Å²) in [5.74, 6) is 0.330. The van der Waals surface area contributed by atoms with Gasteiger partial charge in [-0.2, -0.15) is 4.31 Å². The van der Waals surface area contributed by atoms with Gasteiger partial charge < -0.3 is 10.6 Å². The Morgan fingerprint density at radius 2 is 1.92 bits per heavy atom. The second-order valence-electron chi connectivity index (χ2n) is 7.17. The number of fused-ring (bicyclic) bond motifs is 1. The van der Waals surface area contributed by atoms with Crippen molar-refractivity contribution in [2.24, 2.45) is 11.7 Å². The van der Waals surface area contributed by atoms with E-state index >= 15 is 0 Å². The number of benzene rings is 1. The van der Waals surface area contributed by atoms with Crippen molar-refractivity contribution in [3.05, 3.63) is 23.8 Å². The third-order valence-electron chi connectivity index (χ3n) is 5.44. The van der Waals surface area contributed by atoms with Crippen molar-refractivity contribution >= 4 is 21.6 Å². The van der Waals surface area contributed by atoms with Crippen molar-refractivity contribution in [1.82, 2.24) is 4.31 Å². The highest BCUT2D eigenvalue weighted by Crippen LogP contribution is 2.32. The molecular formula is C18H27N3O3S. The Morgan fingerprint density at radius 1 is 1.24 bits per heavy atom. The van der Waals surface area contributed by atoms with Gasteiger partial charge in [-0.3, -0.25) is 4.79 Å². The molecule has 2 N–H and O–H groups in total. The van der Waals surface area contributed by atoms with E-state index in [9.17, 15) is 13.2 Å². The molecule has 2 aliphatic heterocycles. The Kier molecular flexibility index (Phi) is 5.18. The van der Waals surface area contributed by atoms with Crippen LogP contribution in [0.15, 0.2) is 23.1 Å². The van der Waals surface area contributed by atoms with Crippen molar-refractivity contribution in [2.75, 3.05) is 24.5 Å². The lowest BCUT2D eigenvalue weighted by Crippen LogP contribution is -2.42. The summed E-state index contributed by atoms with van der Waals surface area (Å²) >= 11 is 0. The van der Waals surface area contributed by atoms with Crippen LogP contribution in [0.1, 0.15) is 38.7 Å². The van der Waals surface area contributed by atoms with E-state index in [1.807, 2.05) is 13.0 Å². The largest absolute Gasteiger partial charge is 0.328 e. The highest BCUT2D eigenvalue weighted by atomic mass is 32.2. The molecule has 1 fully saturated rings. The maximum absolute atomic E-state index is 13.0. The van der Waals surface area contributed by atoms with Crippen molar-refractivity contribution in [3.63, 3.8) is 0 Å². The van der Waals surface area contributed by atoms with Crippen LogP contribution >= 0.6 is 0 Å². The molecular weight excluding hydrogens is 338 g/mol. The van der Waals surface area contributed by atoms with Crippen LogP contribution in [-0.4, -0.2) is 44.3 Å². The van der Waals surface area contributed by atoms with E-state index in [0.717, 1.165) is 36.9 Å². The number of sulfonamides is 1. The standard InChI is InChI=1S/C18H27N3O3S/c1-13(19)15-7-10-20(11-8-15)25(23,24)17-6-5-16-4-3-9-21(14(2)22)18(16)12-17/h5-6,12-13,15H,3-4,7-11,19H2,1-2H3. The smallest absolute Gasteiger partial charge is 0.243 e. The van der Waals surface area contributed by atoms with Crippen molar-refractivity contribution in [2.45, 2.75) is 50.5 Å². The molecule has 2 aliphatic rings. The molecule has 0 aromatic heterocycles. The van der Waals surface area contributed by atoms with Crippen LogP contribution in [0.5, 0.6) is 0 Å². The lowest BCUT2D eigenvalue weighted by molar-refractivity contribution is -0.116. The number of rotatable bonds is 3. The van der Waals surface area contributed by atoms with Gasteiger partial charge in [-0.25, -0.2) is 8.42 Å². The maximum Gasteiger partial charge on any atom is 0.243 e. The number of carbonyl (C=O) groups excluding carboxylic acids is 1. The number of anilines is 1. The number of amides is 1. The number of hydrogen-bond donors (Lipinski definition) is 1. The van der Waals surface area contributed by atoms with E-state index in [1.165, 1.54) is 6.92 Å². The molecule has 0 aliphatic carbocycles. The summed E-state index contributed by atoms with van der Waals surface area (Å²) in [6.45, 7) is 5.15. The molecule has 3 rings (SSSR count). The molecule has 0 saturated carbocycles. The lowest BCUT2D eigenvalue weighted by Gasteiger charge is -2.33. The second-order valence-corrected chi connectivity index (χ2v) is 9.10. The zero-order chi connectivity index (χ0) is 18.2. The zero-order valence-corrected chi connectivity index (χ0v) is 15.8. The van der Waals surface area contributed by atoms with Crippen molar-refractivity contribution < 1.29 is 13.2 Å². The van der Waals surface area contributed by atoms with E-state index in [1.54, 1.807) is 21.3 Å². The first-order valence-electron chi connectivity index (χ1n) is 8.97. The van der Waals surface area contributed by atoms with Gasteiger partial charge in [0.1, 0.15) is 0 Å². The SMILES string of the molecule is CC(=O)N1CCCc2ccc(S(=O)(=O)N3CCC(C(C)N)CC3)cc21. The van der Waals surface area contributed by atoms with Crippen LogP contribution in [0, 0.1) is 5.92 Å². The third-order valence-corrected chi connectivity index (χ3v) is 7.33. The molecule has 1 amide bonds. The fourth-order valence-electron chi connectivity index (χ4n) is 3.83. The van der Waals surface area contributed by atoms with Crippen molar-refractivity contribution in [3.8, 4) is 0 Å². The van der Waals surface area contributed by atoms with Gasteiger partial charge in [0, 0.05) is 38.3 Å². The van der Waals surface area contributed by atoms with Gasteiger partial charge in [0.25, 0.3) is 0 Å². The Hall–Kier alpha value is -1.44. The molecule has 1 aromatic rings. The van der Waals surface area contributed by atoms with Gasteiger partial charge in [-0.1, -0.05) is 6.07 Å². The molecule has 25 heavy (non-hydrogen) atoms. The number of hydrogen-bond acceptors (Lipinski definition) is 4. The number of aryl methyl sites for hydroxylation is 1. The summed E-state index contributed by atoms with van der Waals surface area (Å²) < 4.78 is 27.6. The highest BCUT2D eigenvalue weighted by molar-refractivity contribution is 7.89. The monoisotopic (exact) mass is 365 g/mol. The summed E-state index contributed by atoms with van der Waals surface area (Å²) in [7, 11) is -3.54. The van der Waals surface area contributed by atoms with Crippen LogP contribution < -0.4 is 10.6 Å². The molecule has 0 bridgehead atoms. The van der Waals surface area contributed by atoms with Crippen LogP contribution in [-0.2, 0) is 21.2 Å². The van der Waals surface area contributed by atoms with Gasteiger partial charge >= 0.3 is 0 Å². The number of nitrogens with two attached hydrogens (primary N) is 1. The highest BCUT2D eigenvalue weighted by Gasteiger charge is 2.31. The first kappa shape index (κ1) is 18.4. The molecule has 7 heteroatoms. The predicted octanol–water partition coefficient (Wildman–Crippen LogP) is 1.73. The number of carbonyl (C=O) groups is 1. The van der Waals surface area contributed by atoms with E-state index in [2.05, 4.69) is 0 Å². The van der Waals surface area contributed by atoms with Crippen LogP contribution in [0.2, 0.25) is 0 Å². The molecule has 6 nitrogen and oxygen atoms in total. The minimum absolute atomic E-state index is 0.0479. The first-order valence-corrected chi connectivity index (χ1v) is 10.4. The topological polar surface area (TPSA) is 83.7 Å². The lowest BCUT2D eigenvalue weighted by atomic mass is 9.92. The summed E-state index contributed by atoms with van der Waals surface area (Å²) in [4.78, 5) is 13.8. The van der Waals surface area contributed by atoms with E-state index < -0.39 is 10.0 Å². The summed E-state index contributed by atoms with van der Waals surface area (Å²) in [6, 6.07) is 5.29. The summed E-state index contributed by atoms with van der Waals surface area (Å²) in [5.41, 5.74) is 7.73. The van der Waals surface area contributed by atoms with Crippen LogP contribution in [0.3, 0.4) is 0 Å². The Morgan fingerprint density at radius 3 is 2.52 bits per heavy atom. The molecule has 1 unspecified atom stereocenters. The van der Waals surface area contributed by atoms with E-state index in [-0.39, 0.29) is 16.8 Å². The molecule has 0 spiro atoms. The Labute approximate surface area is 150 Å². The van der Waals surface area contributed by atoms with E-state index in [4.69, 9.17) is 5.73 Å². The molecule has 1 aromatic carbocycles. The second kappa shape index (κ2) is 7.05. The molecule has 0 radical (unpaired) electrons. The molecule has 2 heterocycles. The minimum atomic E-state index is -3.54. The van der Waals surface area contributed by atoms with Crippen LogP contribution in [0.25, 0.3) is 0 Å².